The van der Waals surface area contributed by atoms with Gasteiger partial charge in [0.2, 0.25) is 0 Å². The predicted octanol–water partition coefficient (Wildman–Crippen LogP) is 4.30. The summed E-state index contributed by atoms with van der Waals surface area (Å²) in [5.41, 5.74) is 1.18. The quantitative estimate of drug-likeness (QED) is 0.602. The number of thiophene rings is 1. The minimum absolute atomic E-state index is 1.08. The highest BCUT2D eigenvalue weighted by Gasteiger charge is 2.03. The molecule has 0 spiro atoms. The monoisotopic (exact) mass is 240 g/mol. The molecule has 0 saturated carbocycles. The standard InChI is InChI=1S/C11H16N2S2/c1-2-3-4-5-7-15-11-12-9-6-8-14-10(9)13-11/h6,8H,2-5,7H2,1H3,(H,12,13). The molecule has 2 rings (SSSR count). The second-order valence-electron chi connectivity index (χ2n) is 3.59. The molecular weight excluding hydrogens is 224 g/mol. The lowest BCUT2D eigenvalue weighted by atomic mass is 10.2. The van der Waals surface area contributed by atoms with Crippen LogP contribution in [0.3, 0.4) is 0 Å². The lowest BCUT2D eigenvalue weighted by Gasteiger charge is -1.97. The van der Waals surface area contributed by atoms with Crippen molar-refractivity contribution in [1.82, 2.24) is 9.97 Å². The Morgan fingerprint density at radius 1 is 1.40 bits per heavy atom. The third-order valence-corrected chi connectivity index (χ3v) is 4.09. The number of fused-ring (bicyclic) bond motifs is 1. The number of imidazole rings is 1. The van der Waals surface area contributed by atoms with Crippen molar-refractivity contribution in [3.8, 4) is 0 Å². The second kappa shape index (κ2) is 5.56. The molecule has 2 aromatic rings. The van der Waals surface area contributed by atoms with E-state index in [1.165, 1.54) is 37.0 Å². The first-order valence-corrected chi connectivity index (χ1v) is 7.32. The van der Waals surface area contributed by atoms with Crippen molar-refractivity contribution in [3.05, 3.63) is 11.4 Å². The van der Waals surface area contributed by atoms with E-state index in [9.17, 15) is 0 Å². The Kier molecular flexibility index (Phi) is 4.09. The van der Waals surface area contributed by atoms with Gasteiger partial charge in [-0.1, -0.05) is 37.9 Å². The van der Waals surface area contributed by atoms with Crippen molar-refractivity contribution >= 4 is 33.4 Å². The SMILES string of the molecule is CCCCCCSc1nc2sccc2[nH]1. The van der Waals surface area contributed by atoms with Crippen molar-refractivity contribution in [2.75, 3.05) is 5.75 Å². The first kappa shape index (κ1) is 11.0. The van der Waals surface area contributed by atoms with E-state index in [1.807, 2.05) is 11.8 Å². The van der Waals surface area contributed by atoms with Crippen LogP contribution in [-0.2, 0) is 0 Å². The maximum atomic E-state index is 4.52. The molecule has 2 heterocycles. The molecule has 0 fully saturated rings. The summed E-state index contributed by atoms with van der Waals surface area (Å²) in [5.74, 6) is 1.18. The van der Waals surface area contributed by atoms with Gasteiger partial charge in [-0.25, -0.2) is 4.98 Å². The number of aromatic nitrogens is 2. The molecule has 15 heavy (non-hydrogen) atoms. The van der Waals surface area contributed by atoms with Gasteiger partial charge in [0.1, 0.15) is 4.83 Å². The van der Waals surface area contributed by atoms with Crippen LogP contribution in [0.2, 0.25) is 0 Å². The minimum Gasteiger partial charge on any atom is -0.332 e. The van der Waals surface area contributed by atoms with Gasteiger partial charge in [0.15, 0.2) is 5.16 Å². The van der Waals surface area contributed by atoms with Gasteiger partial charge in [0.25, 0.3) is 0 Å². The van der Waals surface area contributed by atoms with E-state index in [-0.39, 0.29) is 0 Å². The molecule has 1 N–H and O–H groups in total. The third-order valence-electron chi connectivity index (χ3n) is 2.33. The molecule has 0 bridgehead atoms. The fraction of sp³-hybridized carbons (Fsp3) is 0.545. The summed E-state index contributed by atoms with van der Waals surface area (Å²) < 4.78 is 0. The predicted molar refractivity (Wildman–Crippen MR) is 68.8 cm³/mol. The van der Waals surface area contributed by atoms with E-state index < -0.39 is 0 Å². The Morgan fingerprint density at radius 3 is 3.13 bits per heavy atom. The number of hydrogen-bond acceptors (Lipinski definition) is 3. The van der Waals surface area contributed by atoms with Crippen LogP contribution in [0.4, 0.5) is 0 Å². The van der Waals surface area contributed by atoms with Crippen molar-refractivity contribution in [3.63, 3.8) is 0 Å². The summed E-state index contributed by atoms with van der Waals surface area (Å²) in [4.78, 5) is 8.98. The fourth-order valence-electron chi connectivity index (χ4n) is 1.48. The van der Waals surface area contributed by atoms with Crippen LogP contribution in [0.1, 0.15) is 32.6 Å². The van der Waals surface area contributed by atoms with Gasteiger partial charge in [-0.2, -0.15) is 0 Å². The Balaban J connectivity index is 1.77. The summed E-state index contributed by atoms with van der Waals surface area (Å²) in [6, 6.07) is 2.09. The molecule has 0 radical (unpaired) electrons. The minimum atomic E-state index is 1.08. The summed E-state index contributed by atoms with van der Waals surface area (Å²) >= 11 is 3.54. The zero-order chi connectivity index (χ0) is 10.5. The van der Waals surface area contributed by atoms with Crippen LogP contribution >= 0.6 is 23.1 Å². The van der Waals surface area contributed by atoms with Gasteiger partial charge in [-0.15, -0.1) is 11.3 Å². The average molecular weight is 240 g/mol. The van der Waals surface area contributed by atoms with Gasteiger partial charge >= 0.3 is 0 Å². The van der Waals surface area contributed by atoms with Crippen LogP contribution < -0.4 is 0 Å². The largest absolute Gasteiger partial charge is 0.332 e. The van der Waals surface area contributed by atoms with Crippen LogP contribution in [0, 0.1) is 0 Å². The first-order chi connectivity index (χ1) is 7.40. The number of thioether (sulfide) groups is 1. The van der Waals surface area contributed by atoms with Gasteiger partial charge in [0, 0.05) is 5.75 Å². The fourth-order valence-corrected chi connectivity index (χ4v) is 3.15. The van der Waals surface area contributed by atoms with E-state index in [0.717, 1.165) is 9.99 Å². The van der Waals surface area contributed by atoms with Crippen LogP contribution in [0.25, 0.3) is 10.3 Å². The Hall–Kier alpha value is -0.480. The normalized spacial score (nSPS) is 11.3. The molecule has 0 aliphatic carbocycles. The highest BCUT2D eigenvalue weighted by atomic mass is 32.2. The lowest BCUT2D eigenvalue weighted by Crippen LogP contribution is -1.82. The topological polar surface area (TPSA) is 28.7 Å². The van der Waals surface area contributed by atoms with Crippen molar-refractivity contribution < 1.29 is 0 Å². The maximum Gasteiger partial charge on any atom is 0.167 e. The second-order valence-corrected chi connectivity index (χ2v) is 5.57. The van der Waals surface area contributed by atoms with Crippen LogP contribution in [0.5, 0.6) is 0 Å². The number of nitrogens with one attached hydrogen (secondary N) is 1. The Labute approximate surface area is 98.5 Å². The van der Waals surface area contributed by atoms with Crippen molar-refractivity contribution in [2.45, 2.75) is 37.8 Å². The Morgan fingerprint density at radius 2 is 2.33 bits per heavy atom. The number of rotatable bonds is 6. The molecule has 0 unspecified atom stereocenters. The van der Waals surface area contributed by atoms with E-state index in [1.54, 1.807) is 11.3 Å². The van der Waals surface area contributed by atoms with E-state index in [4.69, 9.17) is 0 Å². The van der Waals surface area contributed by atoms with E-state index in [0.29, 0.717) is 0 Å². The number of H-pyrrole nitrogens is 1. The van der Waals surface area contributed by atoms with Gasteiger partial charge < -0.3 is 4.98 Å². The highest BCUT2D eigenvalue weighted by Crippen LogP contribution is 2.23. The molecule has 82 valence electrons. The highest BCUT2D eigenvalue weighted by molar-refractivity contribution is 7.99. The van der Waals surface area contributed by atoms with Crippen LogP contribution in [0.15, 0.2) is 16.6 Å². The number of aromatic amines is 1. The van der Waals surface area contributed by atoms with Gasteiger partial charge in [-0.3, -0.25) is 0 Å². The Bertz CT molecular complexity index is 377. The van der Waals surface area contributed by atoms with Crippen LogP contribution in [-0.4, -0.2) is 15.7 Å². The number of hydrogen-bond donors (Lipinski definition) is 1. The molecule has 2 aromatic heterocycles. The number of unbranched alkanes of at least 4 members (excludes halogenated alkanes) is 3. The zero-order valence-electron chi connectivity index (χ0n) is 8.95. The molecule has 0 amide bonds. The molecular formula is C11H16N2S2. The molecule has 2 nitrogen and oxygen atoms in total. The average Bonchev–Trinajstić information content (AvgIpc) is 2.77. The smallest absolute Gasteiger partial charge is 0.167 e. The summed E-state index contributed by atoms with van der Waals surface area (Å²) in [6.45, 7) is 2.24. The van der Waals surface area contributed by atoms with Crippen molar-refractivity contribution in [2.24, 2.45) is 0 Å². The molecule has 0 saturated heterocycles. The lowest BCUT2D eigenvalue weighted by molar-refractivity contribution is 0.706. The summed E-state index contributed by atoms with van der Waals surface area (Å²) in [7, 11) is 0. The molecule has 0 aliphatic rings. The zero-order valence-corrected chi connectivity index (χ0v) is 10.6. The number of nitrogens with zero attached hydrogens (tertiary/aromatic N) is 1. The molecule has 0 aromatic carbocycles. The van der Waals surface area contributed by atoms with E-state index >= 15 is 0 Å². The molecule has 0 atom stereocenters. The van der Waals surface area contributed by atoms with Gasteiger partial charge in [-0.05, 0) is 17.9 Å². The summed E-state index contributed by atoms with van der Waals surface area (Å²) in [6.07, 6.45) is 5.31. The third kappa shape index (κ3) is 2.98. The summed E-state index contributed by atoms with van der Waals surface area (Å²) in [5, 5.41) is 3.15. The van der Waals surface area contributed by atoms with Gasteiger partial charge in [0.05, 0.1) is 5.52 Å². The molecule has 0 aliphatic heterocycles. The first-order valence-electron chi connectivity index (χ1n) is 5.46. The molecule has 4 heteroatoms. The van der Waals surface area contributed by atoms with Crippen molar-refractivity contribution in [1.29, 1.82) is 0 Å². The maximum absolute atomic E-state index is 4.52. The van der Waals surface area contributed by atoms with E-state index in [2.05, 4.69) is 28.3 Å².